The fourth-order valence-corrected chi connectivity index (χ4v) is 5.12. The minimum absolute atomic E-state index is 0.0130. The summed E-state index contributed by atoms with van der Waals surface area (Å²) in [6, 6.07) is 0. The maximum absolute atomic E-state index is 9.74. The Morgan fingerprint density at radius 2 is 2.16 bits per heavy atom. The fourth-order valence-electron chi connectivity index (χ4n) is 3.48. The first kappa shape index (κ1) is 16.9. The summed E-state index contributed by atoms with van der Waals surface area (Å²) in [5.41, 5.74) is 7.14. The molecule has 0 amide bonds. The zero-order valence-electron chi connectivity index (χ0n) is 13.6. The smallest absolute Gasteiger partial charge is 0.226 e. The quantitative estimate of drug-likeness (QED) is 0.605. The second kappa shape index (κ2) is 5.76. The van der Waals surface area contributed by atoms with Crippen molar-refractivity contribution in [1.29, 1.82) is 0 Å². The van der Waals surface area contributed by atoms with Crippen LogP contribution in [0, 0.1) is 12.3 Å². The predicted octanol–water partition coefficient (Wildman–Crippen LogP) is 1.77. The van der Waals surface area contributed by atoms with Gasteiger partial charge in [0.15, 0.2) is 5.79 Å². The molecule has 0 unspecified atom stereocenters. The number of thioether (sulfide) groups is 1. The number of nitrogen functional groups attached to an aromatic ring is 1. The van der Waals surface area contributed by atoms with E-state index in [1.807, 2.05) is 18.4 Å². The van der Waals surface area contributed by atoms with E-state index in [0.29, 0.717) is 16.6 Å². The number of aromatic nitrogens is 3. The average molecular weight is 381 g/mol. The van der Waals surface area contributed by atoms with Crippen LogP contribution < -0.4 is 5.73 Å². The molecule has 0 aromatic carbocycles. The van der Waals surface area contributed by atoms with Crippen LogP contribution in [0.5, 0.6) is 0 Å². The number of fused-ring (bicyclic) bond motifs is 2. The summed E-state index contributed by atoms with van der Waals surface area (Å²) in [5.74, 6) is 2.14. The predicted molar refractivity (Wildman–Crippen MR) is 96.2 cm³/mol. The third-order valence-corrected chi connectivity index (χ3v) is 6.12. The normalized spacial score (nSPS) is 30.5. The van der Waals surface area contributed by atoms with Gasteiger partial charge < -0.3 is 24.9 Å². The summed E-state index contributed by atoms with van der Waals surface area (Å²) in [5, 5.41) is 10.1. The third kappa shape index (κ3) is 2.58. The molecule has 0 saturated carbocycles. The first-order chi connectivity index (χ1) is 11.8. The number of nitrogens with zero attached hydrogens (tertiary/aromatic N) is 3. The summed E-state index contributed by atoms with van der Waals surface area (Å²) >= 11 is 7.55. The van der Waals surface area contributed by atoms with E-state index < -0.39 is 5.79 Å². The number of hydrogen-bond donors (Lipinski definition) is 2. The lowest BCUT2D eigenvalue weighted by atomic mass is 10.1. The van der Waals surface area contributed by atoms with Crippen LogP contribution in [0.4, 0.5) is 5.82 Å². The highest BCUT2D eigenvalue weighted by Crippen LogP contribution is 2.51. The van der Waals surface area contributed by atoms with Crippen LogP contribution in [-0.2, 0) is 9.47 Å². The van der Waals surface area contributed by atoms with Crippen LogP contribution in [0.1, 0.15) is 24.8 Å². The maximum atomic E-state index is 9.74. The fraction of sp³-hybridized carbons (Fsp3) is 0.500. The van der Waals surface area contributed by atoms with E-state index in [9.17, 15) is 5.11 Å². The van der Waals surface area contributed by atoms with E-state index >= 15 is 0 Å². The average Bonchev–Trinajstić information content (AvgIpc) is 3.15. The molecule has 2 aromatic heterocycles. The van der Waals surface area contributed by atoms with Crippen molar-refractivity contribution in [2.24, 2.45) is 0 Å². The zero-order valence-corrected chi connectivity index (χ0v) is 15.2. The molecule has 0 aliphatic carbocycles. The SMILES string of the molecule is C#Cc1cn([C@@H]2S[C@H](CO)[C@H]3OC(C)(C)O[C@H]32)c2nc(Cl)nc(N)c12. The number of halogens is 1. The van der Waals surface area contributed by atoms with Gasteiger partial charge in [-0.05, 0) is 25.4 Å². The second-order valence-corrected chi connectivity index (χ2v) is 8.18. The molecule has 7 nitrogen and oxygen atoms in total. The van der Waals surface area contributed by atoms with Gasteiger partial charge in [-0.15, -0.1) is 18.2 Å². The number of aliphatic hydroxyl groups is 1. The van der Waals surface area contributed by atoms with E-state index in [2.05, 4.69) is 15.9 Å². The molecule has 2 saturated heterocycles. The lowest BCUT2D eigenvalue weighted by molar-refractivity contribution is -0.149. The minimum atomic E-state index is -0.717. The number of rotatable bonds is 2. The zero-order chi connectivity index (χ0) is 17.9. The Kier molecular flexibility index (Phi) is 3.90. The highest BCUT2D eigenvalue weighted by atomic mass is 35.5. The van der Waals surface area contributed by atoms with Crippen molar-refractivity contribution in [2.45, 2.75) is 42.5 Å². The molecule has 0 radical (unpaired) electrons. The Morgan fingerprint density at radius 3 is 2.84 bits per heavy atom. The van der Waals surface area contributed by atoms with Gasteiger partial charge in [0, 0.05) is 6.20 Å². The van der Waals surface area contributed by atoms with Gasteiger partial charge in [0.25, 0.3) is 0 Å². The van der Waals surface area contributed by atoms with Gasteiger partial charge >= 0.3 is 0 Å². The Balaban J connectivity index is 1.86. The largest absolute Gasteiger partial charge is 0.395 e. The van der Waals surface area contributed by atoms with E-state index in [-0.39, 0.29) is 40.5 Å². The highest BCUT2D eigenvalue weighted by molar-refractivity contribution is 8.00. The minimum Gasteiger partial charge on any atom is -0.395 e. The molecule has 9 heteroatoms. The first-order valence-electron chi connectivity index (χ1n) is 7.76. The van der Waals surface area contributed by atoms with Crippen molar-refractivity contribution in [3.05, 3.63) is 17.0 Å². The van der Waals surface area contributed by atoms with Crippen LogP contribution in [0.25, 0.3) is 11.0 Å². The van der Waals surface area contributed by atoms with Crippen molar-refractivity contribution in [2.75, 3.05) is 12.3 Å². The number of terminal acetylenes is 1. The molecule has 4 heterocycles. The van der Waals surface area contributed by atoms with Crippen molar-refractivity contribution in [3.63, 3.8) is 0 Å². The third-order valence-electron chi connectivity index (χ3n) is 4.41. The first-order valence-corrected chi connectivity index (χ1v) is 9.09. The van der Waals surface area contributed by atoms with Gasteiger partial charge in [0.05, 0.1) is 22.8 Å². The summed E-state index contributed by atoms with van der Waals surface area (Å²) in [4.78, 5) is 8.31. The number of hydrogen-bond acceptors (Lipinski definition) is 7. The van der Waals surface area contributed by atoms with Gasteiger partial charge in [0.2, 0.25) is 5.28 Å². The van der Waals surface area contributed by atoms with Gasteiger partial charge in [0.1, 0.15) is 29.0 Å². The molecule has 25 heavy (non-hydrogen) atoms. The molecule has 4 rings (SSSR count). The topological polar surface area (TPSA) is 95.4 Å². The standard InChI is InChI=1S/C16H17ClN4O3S/c1-4-7-5-21(13-9(7)12(18)19-15(17)20-13)14-11-10(8(6-22)25-14)23-16(2,3)24-11/h1,5,8,10-11,14,22H,6H2,2-3H3,(H2,18,19,20)/t8-,10-,11-,14-/m1/s1. The van der Waals surface area contributed by atoms with Gasteiger partial charge in [-0.3, -0.25) is 0 Å². The molecule has 2 fully saturated rings. The lowest BCUT2D eigenvalue weighted by Gasteiger charge is -2.23. The highest BCUT2D eigenvalue weighted by Gasteiger charge is 2.55. The van der Waals surface area contributed by atoms with Crippen LogP contribution in [0.2, 0.25) is 5.28 Å². The van der Waals surface area contributed by atoms with E-state index in [1.54, 1.807) is 18.0 Å². The molecule has 132 valence electrons. The van der Waals surface area contributed by atoms with Crippen molar-refractivity contribution in [1.82, 2.24) is 14.5 Å². The molecule has 0 bridgehead atoms. The van der Waals surface area contributed by atoms with Crippen molar-refractivity contribution >= 4 is 40.2 Å². The number of anilines is 1. The van der Waals surface area contributed by atoms with Crippen LogP contribution in [-0.4, -0.2) is 49.5 Å². The van der Waals surface area contributed by atoms with Gasteiger partial charge in [-0.1, -0.05) is 5.92 Å². The monoisotopic (exact) mass is 380 g/mol. The molecule has 2 aliphatic rings. The van der Waals surface area contributed by atoms with Gasteiger partial charge in [-0.25, -0.2) is 4.98 Å². The van der Waals surface area contributed by atoms with Crippen molar-refractivity contribution in [3.8, 4) is 12.3 Å². The summed E-state index contributed by atoms with van der Waals surface area (Å²) in [6.45, 7) is 3.71. The molecular weight excluding hydrogens is 364 g/mol. The van der Waals surface area contributed by atoms with E-state index in [4.69, 9.17) is 33.2 Å². The van der Waals surface area contributed by atoms with Crippen LogP contribution in [0.15, 0.2) is 6.20 Å². The maximum Gasteiger partial charge on any atom is 0.226 e. The Labute approximate surface area is 153 Å². The second-order valence-electron chi connectivity index (χ2n) is 6.48. The Bertz CT molecular complexity index is 894. The molecule has 4 atom stereocenters. The molecular formula is C16H17ClN4O3S. The number of aliphatic hydroxyl groups excluding tert-OH is 1. The number of nitrogens with two attached hydrogens (primary N) is 1. The lowest BCUT2D eigenvalue weighted by Crippen LogP contribution is -2.30. The van der Waals surface area contributed by atoms with Crippen LogP contribution in [0.3, 0.4) is 0 Å². The van der Waals surface area contributed by atoms with Crippen molar-refractivity contribution < 1.29 is 14.6 Å². The number of ether oxygens (including phenoxy) is 2. The molecule has 2 aliphatic heterocycles. The Hall–Kier alpha value is -1.50. The molecule has 3 N–H and O–H groups in total. The summed E-state index contributed by atoms with van der Waals surface area (Å²) < 4.78 is 14.0. The Morgan fingerprint density at radius 1 is 1.44 bits per heavy atom. The molecule has 2 aromatic rings. The van der Waals surface area contributed by atoms with E-state index in [0.717, 1.165) is 0 Å². The van der Waals surface area contributed by atoms with Crippen LogP contribution >= 0.6 is 23.4 Å². The van der Waals surface area contributed by atoms with Gasteiger partial charge in [-0.2, -0.15) is 4.98 Å². The van der Waals surface area contributed by atoms with E-state index in [1.165, 1.54) is 0 Å². The summed E-state index contributed by atoms with van der Waals surface area (Å²) in [6.07, 6.45) is 6.95. The summed E-state index contributed by atoms with van der Waals surface area (Å²) in [7, 11) is 0. The molecule has 0 spiro atoms.